The summed E-state index contributed by atoms with van der Waals surface area (Å²) in [6.07, 6.45) is 3.90. The molecular formula is C16H34N2O2. The molecule has 4 heteroatoms. The Morgan fingerprint density at radius 3 is 2.25 bits per heavy atom. The zero-order chi connectivity index (χ0) is 15.6. The predicted molar refractivity (Wildman–Crippen MR) is 84.6 cm³/mol. The number of hydrogen-bond donors (Lipinski definition) is 2. The minimum Gasteiger partial charge on any atom is -0.380 e. The lowest BCUT2D eigenvalue weighted by atomic mass is 9.89. The average Bonchev–Trinajstić information content (AvgIpc) is 2.33. The molecule has 0 aromatic carbocycles. The highest BCUT2D eigenvalue weighted by molar-refractivity contribution is 5.76. The molecule has 0 aromatic rings. The number of ether oxygens (including phenoxy) is 1. The van der Waals surface area contributed by atoms with Crippen LogP contribution in [0.15, 0.2) is 0 Å². The Morgan fingerprint density at radius 1 is 1.10 bits per heavy atom. The summed E-state index contributed by atoms with van der Waals surface area (Å²) in [5, 5.41) is 2.98. The summed E-state index contributed by atoms with van der Waals surface area (Å²) in [6.45, 7) is 13.0. The van der Waals surface area contributed by atoms with Crippen LogP contribution in [0, 0.1) is 10.8 Å². The fourth-order valence-corrected chi connectivity index (χ4v) is 1.81. The molecule has 120 valence electrons. The van der Waals surface area contributed by atoms with Crippen molar-refractivity contribution in [2.24, 2.45) is 16.6 Å². The van der Waals surface area contributed by atoms with E-state index in [1.54, 1.807) is 0 Å². The topological polar surface area (TPSA) is 64.3 Å². The van der Waals surface area contributed by atoms with Gasteiger partial charge in [0.05, 0.1) is 13.2 Å². The van der Waals surface area contributed by atoms with E-state index in [-0.39, 0.29) is 16.7 Å². The molecular weight excluding hydrogens is 252 g/mol. The number of hydrogen-bond acceptors (Lipinski definition) is 3. The average molecular weight is 286 g/mol. The van der Waals surface area contributed by atoms with Crippen molar-refractivity contribution in [2.75, 3.05) is 26.3 Å². The molecule has 0 aromatic heterocycles. The van der Waals surface area contributed by atoms with Gasteiger partial charge in [-0.1, -0.05) is 47.5 Å². The van der Waals surface area contributed by atoms with E-state index in [9.17, 15) is 4.79 Å². The van der Waals surface area contributed by atoms with Gasteiger partial charge in [-0.2, -0.15) is 0 Å². The van der Waals surface area contributed by atoms with Crippen molar-refractivity contribution in [3.63, 3.8) is 0 Å². The molecule has 3 N–H and O–H groups in total. The summed E-state index contributed by atoms with van der Waals surface area (Å²) >= 11 is 0. The van der Waals surface area contributed by atoms with Crippen LogP contribution in [0.5, 0.6) is 0 Å². The van der Waals surface area contributed by atoms with Gasteiger partial charge < -0.3 is 15.8 Å². The van der Waals surface area contributed by atoms with Crippen LogP contribution in [0.25, 0.3) is 0 Å². The molecule has 0 aliphatic carbocycles. The minimum atomic E-state index is -0.139. The van der Waals surface area contributed by atoms with Crippen molar-refractivity contribution in [2.45, 2.75) is 60.3 Å². The molecule has 0 atom stereocenters. The maximum absolute atomic E-state index is 11.9. The molecule has 0 heterocycles. The van der Waals surface area contributed by atoms with E-state index in [4.69, 9.17) is 10.5 Å². The largest absolute Gasteiger partial charge is 0.380 e. The van der Waals surface area contributed by atoms with Crippen molar-refractivity contribution >= 4 is 5.91 Å². The van der Waals surface area contributed by atoms with Crippen LogP contribution in [0.4, 0.5) is 0 Å². The van der Waals surface area contributed by atoms with Crippen molar-refractivity contribution in [1.29, 1.82) is 0 Å². The number of unbranched alkanes of at least 4 members (excludes halogenated alkanes) is 2. The number of carbonyl (C=O) groups excluding carboxylic acids is 1. The van der Waals surface area contributed by atoms with Gasteiger partial charge in [0.25, 0.3) is 0 Å². The summed E-state index contributed by atoms with van der Waals surface area (Å²) < 4.78 is 5.74. The van der Waals surface area contributed by atoms with Crippen LogP contribution in [-0.2, 0) is 9.53 Å². The van der Waals surface area contributed by atoms with E-state index in [0.29, 0.717) is 26.2 Å². The van der Waals surface area contributed by atoms with Crippen LogP contribution in [-0.4, -0.2) is 32.2 Å². The lowest BCUT2D eigenvalue weighted by molar-refractivity contribution is -0.124. The van der Waals surface area contributed by atoms with Gasteiger partial charge in [0.2, 0.25) is 5.91 Å². The first-order valence-electron chi connectivity index (χ1n) is 7.77. The Balaban J connectivity index is 3.90. The van der Waals surface area contributed by atoms with Gasteiger partial charge >= 0.3 is 0 Å². The first kappa shape index (κ1) is 19.4. The van der Waals surface area contributed by atoms with Gasteiger partial charge in [-0.05, 0) is 18.4 Å². The first-order chi connectivity index (χ1) is 9.22. The fourth-order valence-electron chi connectivity index (χ4n) is 1.81. The lowest BCUT2D eigenvalue weighted by Crippen LogP contribution is -2.34. The number of rotatable bonds is 11. The highest BCUT2D eigenvalue weighted by Gasteiger charge is 2.24. The summed E-state index contributed by atoms with van der Waals surface area (Å²) in [5.41, 5.74) is 5.53. The van der Waals surface area contributed by atoms with Gasteiger partial charge in [-0.3, -0.25) is 4.79 Å². The zero-order valence-corrected chi connectivity index (χ0v) is 14.1. The van der Waals surface area contributed by atoms with Gasteiger partial charge in [0.15, 0.2) is 0 Å². The van der Waals surface area contributed by atoms with Crippen LogP contribution >= 0.6 is 0 Å². The molecule has 0 fully saturated rings. The molecule has 0 aliphatic rings. The highest BCUT2D eigenvalue weighted by Crippen LogP contribution is 2.22. The fraction of sp³-hybridized carbons (Fsp3) is 0.938. The quantitative estimate of drug-likeness (QED) is 0.574. The molecule has 0 unspecified atom stereocenters. The molecule has 0 rings (SSSR count). The second kappa shape index (κ2) is 9.35. The molecule has 0 radical (unpaired) electrons. The molecule has 20 heavy (non-hydrogen) atoms. The van der Waals surface area contributed by atoms with Crippen LogP contribution in [0.1, 0.15) is 60.3 Å². The SMILES string of the molecule is CCCCCNC(=O)CC(C)(C)COCC(C)(C)CN. The molecule has 1 amide bonds. The second-order valence-corrected chi connectivity index (χ2v) is 7.26. The zero-order valence-electron chi connectivity index (χ0n) is 14.1. The van der Waals surface area contributed by atoms with Crippen LogP contribution < -0.4 is 11.1 Å². The molecule has 0 saturated carbocycles. The van der Waals surface area contributed by atoms with E-state index in [2.05, 4.69) is 39.9 Å². The molecule has 0 bridgehead atoms. The van der Waals surface area contributed by atoms with Crippen molar-refractivity contribution < 1.29 is 9.53 Å². The van der Waals surface area contributed by atoms with Crippen molar-refractivity contribution in [3.8, 4) is 0 Å². The van der Waals surface area contributed by atoms with Crippen molar-refractivity contribution in [1.82, 2.24) is 5.32 Å². The van der Waals surface area contributed by atoms with E-state index < -0.39 is 0 Å². The standard InChI is InChI=1S/C16H34N2O2/c1-6-7-8-9-18-14(19)10-15(2,3)12-20-13-16(4,5)11-17/h6-13,17H2,1-5H3,(H,18,19). The summed E-state index contributed by atoms with van der Waals surface area (Å²) in [4.78, 5) is 11.9. The molecule has 0 spiro atoms. The van der Waals surface area contributed by atoms with E-state index in [1.807, 2.05) is 0 Å². The molecule has 0 saturated heterocycles. The smallest absolute Gasteiger partial charge is 0.220 e. The second-order valence-electron chi connectivity index (χ2n) is 7.26. The van der Waals surface area contributed by atoms with Gasteiger partial charge in [-0.25, -0.2) is 0 Å². The monoisotopic (exact) mass is 286 g/mol. The van der Waals surface area contributed by atoms with E-state index in [1.165, 1.54) is 12.8 Å². The number of nitrogens with two attached hydrogens (primary N) is 1. The Morgan fingerprint density at radius 2 is 1.70 bits per heavy atom. The summed E-state index contributed by atoms with van der Waals surface area (Å²) in [5.74, 6) is 0.118. The Hall–Kier alpha value is -0.610. The third kappa shape index (κ3) is 10.2. The van der Waals surface area contributed by atoms with Crippen LogP contribution in [0.2, 0.25) is 0 Å². The lowest BCUT2D eigenvalue weighted by Gasteiger charge is -2.28. The van der Waals surface area contributed by atoms with Crippen LogP contribution in [0.3, 0.4) is 0 Å². The Bertz CT molecular complexity index is 276. The van der Waals surface area contributed by atoms with E-state index >= 15 is 0 Å². The Labute approximate surface area is 124 Å². The molecule has 4 nitrogen and oxygen atoms in total. The minimum absolute atomic E-state index is 0.00150. The van der Waals surface area contributed by atoms with E-state index in [0.717, 1.165) is 13.0 Å². The first-order valence-corrected chi connectivity index (χ1v) is 7.77. The Kier molecular flexibility index (Phi) is 9.06. The number of nitrogens with one attached hydrogen (secondary N) is 1. The predicted octanol–water partition coefficient (Wildman–Crippen LogP) is 2.71. The van der Waals surface area contributed by atoms with Gasteiger partial charge in [-0.15, -0.1) is 0 Å². The number of amides is 1. The summed E-state index contributed by atoms with van der Waals surface area (Å²) in [6, 6.07) is 0. The third-order valence-corrected chi connectivity index (χ3v) is 3.28. The van der Waals surface area contributed by atoms with Gasteiger partial charge in [0, 0.05) is 18.4 Å². The maximum Gasteiger partial charge on any atom is 0.220 e. The number of carbonyl (C=O) groups is 1. The maximum atomic E-state index is 11.9. The van der Waals surface area contributed by atoms with Gasteiger partial charge in [0.1, 0.15) is 0 Å². The van der Waals surface area contributed by atoms with Crippen molar-refractivity contribution in [3.05, 3.63) is 0 Å². The molecule has 0 aliphatic heterocycles. The highest BCUT2D eigenvalue weighted by atomic mass is 16.5. The summed E-state index contributed by atoms with van der Waals surface area (Å²) in [7, 11) is 0. The third-order valence-electron chi connectivity index (χ3n) is 3.28. The normalized spacial score (nSPS) is 12.5.